The molecule has 2 heterocycles. The minimum absolute atomic E-state index is 0.179. The fourth-order valence-corrected chi connectivity index (χ4v) is 3.23. The van der Waals surface area contributed by atoms with E-state index >= 15 is 0 Å². The van der Waals surface area contributed by atoms with E-state index in [2.05, 4.69) is 44.6 Å². The molecule has 0 radical (unpaired) electrons. The highest BCUT2D eigenvalue weighted by Crippen LogP contribution is 2.33. The number of aromatic nitrogens is 2. The molecule has 1 aliphatic heterocycles. The summed E-state index contributed by atoms with van der Waals surface area (Å²) in [5.74, 6) is 0.653. The van der Waals surface area contributed by atoms with Crippen LogP contribution in [0.1, 0.15) is 63.4 Å². The minimum Gasteiger partial charge on any atom is -0.317 e. The average molecular weight is 249 g/mol. The van der Waals surface area contributed by atoms with Gasteiger partial charge in [0, 0.05) is 23.6 Å². The van der Waals surface area contributed by atoms with E-state index in [1.54, 1.807) is 0 Å². The molecule has 0 saturated carbocycles. The van der Waals surface area contributed by atoms with Gasteiger partial charge in [0.2, 0.25) is 0 Å². The van der Waals surface area contributed by atoms with Gasteiger partial charge in [0.15, 0.2) is 0 Å². The molecule has 1 aliphatic rings. The largest absolute Gasteiger partial charge is 0.317 e. The maximum atomic E-state index is 4.91. The molecule has 0 aromatic carbocycles. The van der Waals surface area contributed by atoms with Gasteiger partial charge < -0.3 is 5.32 Å². The van der Waals surface area contributed by atoms with Crippen LogP contribution in [0.4, 0.5) is 0 Å². The number of aryl methyl sites for hydroxylation is 1. The molecule has 18 heavy (non-hydrogen) atoms. The van der Waals surface area contributed by atoms with Gasteiger partial charge in [-0.3, -0.25) is 4.68 Å². The number of hydrogen-bond donors (Lipinski definition) is 1. The van der Waals surface area contributed by atoms with Crippen LogP contribution < -0.4 is 5.32 Å². The minimum atomic E-state index is 0.179. The van der Waals surface area contributed by atoms with Crippen molar-refractivity contribution in [3.05, 3.63) is 17.0 Å². The second-order valence-electron chi connectivity index (χ2n) is 6.45. The normalized spacial score (nSPS) is 18.3. The summed E-state index contributed by atoms with van der Waals surface area (Å²) in [4.78, 5) is 0. The first kappa shape index (κ1) is 13.6. The fourth-order valence-electron chi connectivity index (χ4n) is 3.23. The second-order valence-corrected chi connectivity index (χ2v) is 6.45. The van der Waals surface area contributed by atoms with E-state index in [9.17, 15) is 0 Å². The molecule has 2 rings (SSSR count). The smallest absolute Gasteiger partial charge is 0.0688 e. The monoisotopic (exact) mass is 249 g/mol. The molecule has 0 aliphatic carbocycles. The van der Waals surface area contributed by atoms with Crippen molar-refractivity contribution in [2.45, 2.75) is 65.3 Å². The van der Waals surface area contributed by atoms with Crippen LogP contribution in [0.5, 0.6) is 0 Å². The zero-order valence-electron chi connectivity index (χ0n) is 12.5. The molecule has 1 saturated heterocycles. The third kappa shape index (κ3) is 2.46. The topological polar surface area (TPSA) is 29.9 Å². The van der Waals surface area contributed by atoms with Crippen molar-refractivity contribution < 1.29 is 0 Å². The average Bonchev–Trinajstić information content (AvgIpc) is 2.67. The van der Waals surface area contributed by atoms with E-state index in [1.165, 1.54) is 29.8 Å². The van der Waals surface area contributed by atoms with Crippen LogP contribution in [-0.2, 0) is 12.0 Å². The van der Waals surface area contributed by atoms with Crippen LogP contribution in [0.15, 0.2) is 0 Å². The summed E-state index contributed by atoms with van der Waals surface area (Å²) in [6.07, 6.45) is 2.45. The molecule has 0 unspecified atom stereocenters. The third-order valence-electron chi connectivity index (χ3n) is 3.96. The van der Waals surface area contributed by atoms with Gasteiger partial charge in [-0.2, -0.15) is 5.10 Å². The van der Waals surface area contributed by atoms with Crippen molar-refractivity contribution in [2.24, 2.45) is 0 Å². The molecule has 102 valence electrons. The predicted octanol–water partition coefficient (Wildman–Crippen LogP) is 2.98. The molecule has 1 fully saturated rings. The molecular formula is C15H27N3. The highest BCUT2D eigenvalue weighted by atomic mass is 15.3. The molecule has 0 bridgehead atoms. The lowest BCUT2D eigenvalue weighted by atomic mass is 9.85. The lowest BCUT2D eigenvalue weighted by molar-refractivity contribution is 0.445. The molecule has 0 atom stereocenters. The van der Waals surface area contributed by atoms with Crippen LogP contribution in [-0.4, -0.2) is 22.9 Å². The summed E-state index contributed by atoms with van der Waals surface area (Å²) in [7, 11) is 0. The van der Waals surface area contributed by atoms with Crippen molar-refractivity contribution >= 4 is 0 Å². The molecule has 3 heteroatoms. The Morgan fingerprint density at radius 2 is 1.89 bits per heavy atom. The van der Waals surface area contributed by atoms with Gasteiger partial charge in [-0.15, -0.1) is 0 Å². The first-order valence-corrected chi connectivity index (χ1v) is 7.23. The summed E-state index contributed by atoms with van der Waals surface area (Å²) >= 11 is 0. The van der Waals surface area contributed by atoms with Gasteiger partial charge in [-0.25, -0.2) is 0 Å². The summed E-state index contributed by atoms with van der Waals surface area (Å²) in [5, 5.41) is 8.34. The molecule has 0 amide bonds. The zero-order chi connectivity index (χ0) is 13.3. The Balaban J connectivity index is 2.40. The SMILES string of the molecule is CCn1nc(C2CCNCC2)c(C)c1C(C)(C)C. The number of rotatable bonds is 2. The van der Waals surface area contributed by atoms with Gasteiger partial charge in [0.1, 0.15) is 0 Å². The van der Waals surface area contributed by atoms with Crippen molar-refractivity contribution in [3.63, 3.8) is 0 Å². The first-order valence-electron chi connectivity index (χ1n) is 7.23. The molecule has 3 nitrogen and oxygen atoms in total. The van der Waals surface area contributed by atoms with Crippen molar-refractivity contribution in [1.82, 2.24) is 15.1 Å². The van der Waals surface area contributed by atoms with Crippen LogP contribution in [0.3, 0.4) is 0 Å². The molecule has 0 spiro atoms. The van der Waals surface area contributed by atoms with Crippen molar-refractivity contribution in [1.29, 1.82) is 0 Å². The molecular weight excluding hydrogens is 222 g/mol. The number of piperidine rings is 1. The Morgan fingerprint density at radius 3 is 2.33 bits per heavy atom. The highest BCUT2D eigenvalue weighted by Gasteiger charge is 2.28. The van der Waals surface area contributed by atoms with E-state index in [1.807, 2.05) is 0 Å². The zero-order valence-corrected chi connectivity index (χ0v) is 12.5. The summed E-state index contributed by atoms with van der Waals surface area (Å²) in [6, 6.07) is 0. The highest BCUT2D eigenvalue weighted by molar-refractivity contribution is 5.32. The fraction of sp³-hybridized carbons (Fsp3) is 0.800. The predicted molar refractivity (Wildman–Crippen MR) is 76.2 cm³/mol. The Hall–Kier alpha value is -0.830. The van der Waals surface area contributed by atoms with E-state index < -0.39 is 0 Å². The summed E-state index contributed by atoms with van der Waals surface area (Å²) < 4.78 is 2.21. The van der Waals surface area contributed by atoms with Crippen molar-refractivity contribution in [2.75, 3.05) is 13.1 Å². The lowest BCUT2D eigenvalue weighted by Crippen LogP contribution is -2.27. The Bertz CT molecular complexity index is 406. The van der Waals surface area contributed by atoms with Gasteiger partial charge in [-0.1, -0.05) is 20.8 Å². The Kier molecular flexibility index (Phi) is 3.81. The first-order chi connectivity index (χ1) is 8.45. The third-order valence-corrected chi connectivity index (χ3v) is 3.96. The number of hydrogen-bond acceptors (Lipinski definition) is 2. The van der Waals surface area contributed by atoms with Crippen LogP contribution in [0.2, 0.25) is 0 Å². The number of nitrogens with one attached hydrogen (secondary N) is 1. The van der Waals surface area contributed by atoms with Crippen LogP contribution in [0, 0.1) is 6.92 Å². The Morgan fingerprint density at radius 1 is 1.28 bits per heavy atom. The lowest BCUT2D eigenvalue weighted by Gasteiger charge is -2.23. The molecule has 1 N–H and O–H groups in total. The molecule has 1 aromatic rings. The van der Waals surface area contributed by atoms with E-state index in [0.717, 1.165) is 19.6 Å². The van der Waals surface area contributed by atoms with Gasteiger partial charge in [-0.05, 0) is 45.3 Å². The second kappa shape index (κ2) is 5.04. The maximum absolute atomic E-state index is 4.91. The van der Waals surface area contributed by atoms with E-state index in [4.69, 9.17) is 5.10 Å². The standard InChI is InChI=1S/C15H27N3/c1-6-18-14(15(3,4)5)11(2)13(17-18)12-7-9-16-10-8-12/h12,16H,6-10H2,1-5H3. The number of nitrogens with zero attached hydrogens (tertiary/aromatic N) is 2. The van der Waals surface area contributed by atoms with Crippen LogP contribution in [0.25, 0.3) is 0 Å². The van der Waals surface area contributed by atoms with Gasteiger partial charge in [0.05, 0.1) is 5.69 Å². The van der Waals surface area contributed by atoms with E-state index in [-0.39, 0.29) is 5.41 Å². The summed E-state index contributed by atoms with van der Waals surface area (Å²) in [5.41, 5.74) is 4.37. The molecule has 1 aromatic heterocycles. The van der Waals surface area contributed by atoms with E-state index in [0.29, 0.717) is 5.92 Å². The van der Waals surface area contributed by atoms with Crippen LogP contribution >= 0.6 is 0 Å². The maximum Gasteiger partial charge on any atom is 0.0688 e. The summed E-state index contributed by atoms with van der Waals surface area (Å²) in [6.45, 7) is 14.5. The quantitative estimate of drug-likeness (QED) is 0.873. The Labute approximate surface area is 111 Å². The van der Waals surface area contributed by atoms with Gasteiger partial charge in [0.25, 0.3) is 0 Å². The van der Waals surface area contributed by atoms with Crippen molar-refractivity contribution in [3.8, 4) is 0 Å². The van der Waals surface area contributed by atoms with Gasteiger partial charge >= 0.3 is 0 Å².